The summed E-state index contributed by atoms with van der Waals surface area (Å²) >= 11 is 0. The highest BCUT2D eigenvalue weighted by Gasteiger charge is 2.20. The van der Waals surface area contributed by atoms with Crippen LogP contribution in [0, 0.1) is 5.82 Å². The Morgan fingerprint density at radius 2 is 1.83 bits per heavy atom. The van der Waals surface area contributed by atoms with Gasteiger partial charge in [-0.05, 0) is 19.4 Å². The fraction of sp³-hybridized carbons (Fsp3) is 0.600. The highest BCUT2D eigenvalue weighted by Crippen LogP contribution is 2.13. The van der Waals surface area contributed by atoms with Crippen LogP contribution in [0.3, 0.4) is 0 Å². The van der Waals surface area contributed by atoms with Gasteiger partial charge in [0.25, 0.3) is 0 Å². The second-order valence-electron chi connectivity index (χ2n) is 5.16. The fourth-order valence-electron chi connectivity index (χ4n) is 2.49. The van der Waals surface area contributed by atoms with Crippen LogP contribution in [0.15, 0.2) is 24.3 Å². The first-order chi connectivity index (χ1) is 8.70. The molecule has 2 nitrogen and oxygen atoms in total. The number of rotatable bonds is 4. The summed E-state index contributed by atoms with van der Waals surface area (Å²) in [5, 5.41) is 0. The number of halogens is 1. The van der Waals surface area contributed by atoms with Crippen LogP contribution in [-0.2, 0) is 6.54 Å². The van der Waals surface area contributed by atoms with Crippen molar-refractivity contribution in [2.45, 2.75) is 32.9 Å². The van der Waals surface area contributed by atoms with Crippen molar-refractivity contribution in [2.75, 3.05) is 26.2 Å². The molecule has 1 fully saturated rings. The van der Waals surface area contributed by atoms with Crippen LogP contribution in [0.2, 0.25) is 0 Å². The number of piperazine rings is 1. The molecule has 0 saturated carbocycles. The van der Waals surface area contributed by atoms with E-state index in [2.05, 4.69) is 23.6 Å². The molecule has 1 atom stereocenters. The Balaban J connectivity index is 1.86. The van der Waals surface area contributed by atoms with Crippen molar-refractivity contribution in [3.05, 3.63) is 35.6 Å². The molecule has 1 aromatic rings. The van der Waals surface area contributed by atoms with E-state index in [9.17, 15) is 4.39 Å². The first-order valence-corrected chi connectivity index (χ1v) is 6.90. The molecular formula is C15H23FN2. The molecule has 0 aromatic heterocycles. The SMILES string of the molecule is CCC(C)N1CCN(Cc2ccccc2F)CC1. The monoisotopic (exact) mass is 250 g/mol. The van der Waals surface area contributed by atoms with Crippen molar-refractivity contribution in [3.8, 4) is 0 Å². The Kier molecular flexibility index (Phi) is 4.72. The minimum atomic E-state index is -0.0816. The first kappa shape index (κ1) is 13.5. The van der Waals surface area contributed by atoms with Gasteiger partial charge in [0.1, 0.15) is 5.82 Å². The molecule has 1 unspecified atom stereocenters. The predicted molar refractivity (Wildman–Crippen MR) is 73.0 cm³/mol. The number of hydrogen-bond donors (Lipinski definition) is 0. The average molecular weight is 250 g/mol. The molecule has 1 aromatic carbocycles. The summed E-state index contributed by atoms with van der Waals surface area (Å²) in [4.78, 5) is 4.87. The van der Waals surface area contributed by atoms with Crippen molar-refractivity contribution in [2.24, 2.45) is 0 Å². The Morgan fingerprint density at radius 3 is 2.44 bits per heavy atom. The third-order valence-corrected chi connectivity index (χ3v) is 3.97. The molecule has 0 spiro atoms. The van der Waals surface area contributed by atoms with Gasteiger partial charge in [-0.25, -0.2) is 4.39 Å². The Morgan fingerprint density at radius 1 is 1.17 bits per heavy atom. The van der Waals surface area contributed by atoms with E-state index in [0.717, 1.165) is 38.3 Å². The van der Waals surface area contributed by atoms with E-state index >= 15 is 0 Å². The molecule has 0 bridgehead atoms. The van der Waals surface area contributed by atoms with Crippen LogP contribution in [0.1, 0.15) is 25.8 Å². The maximum Gasteiger partial charge on any atom is 0.127 e. The summed E-state index contributed by atoms with van der Waals surface area (Å²) < 4.78 is 13.6. The standard InChI is InChI=1S/C15H23FN2/c1-3-13(2)18-10-8-17(9-11-18)12-14-6-4-5-7-15(14)16/h4-7,13H,3,8-12H2,1-2H3. The van der Waals surface area contributed by atoms with Gasteiger partial charge < -0.3 is 0 Å². The van der Waals surface area contributed by atoms with Gasteiger partial charge in [0.05, 0.1) is 0 Å². The third kappa shape index (κ3) is 3.30. The largest absolute Gasteiger partial charge is 0.298 e. The van der Waals surface area contributed by atoms with Gasteiger partial charge in [-0.2, -0.15) is 0 Å². The van der Waals surface area contributed by atoms with Crippen LogP contribution < -0.4 is 0 Å². The zero-order valence-corrected chi connectivity index (χ0v) is 11.4. The summed E-state index contributed by atoms with van der Waals surface area (Å²) in [6.07, 6.45) is 1.20. The second-order valence-corrected chi connectivity index (χ2v) is 5.16. The molecule has 0 N–H and O–H groups in total. The van der Waals surface area contributed by atoms with E-state index in [1.54, 1.807) is 12.1 Å². The van der Waals surface area contributed by atoms with Crippen LogP contribution in [0.4, 0.5) is 4.39 Å². The third-order valence-electron chi connectivity index (χ3n) is 3.97. The topological polar surface area (TPSA) is 6.48 Å². The minimum Gasteiger partial charge on any atom is -0.298 e. The summed E-state index contributed by atoms with van der Waals surface area (Å²) in [7, 11) is 0. The lowest BCUT2D eigenvalue weighted by Gasteiger charge is -2.37. The highest BCUT2D eigenvalue weighted by atomic mass is 19.1. The molecule has 0 aliphatic carbocycles. The van der Waals surface area contributed by atoms with E-state index in [1.807, 2.05) is 12.1 Å². The molecule has 1 aliphatic rings. The molecule has 3 heteroatoms. The van der Waals surface area contributed by atoms with Gasteiger partial charge in [0, 0.05) is 44.3 Å². The van der Waals surface area contributed by atoms with Crippen LogP contribution in [0.5, 0.6) is 0 Å². The molecule has 100 valence electrons. The van der Waals surface area contributed by atoms with Gasteiger partial charge in [0.15, 0.2) is 0 Å². The summed E-state index contributed by atoms with van der Waals surface area (Å²) in [6.45, 7) is 9.54. The quantitative estimate of drug-likeness (QED) is 0.810. The van der Waals surface area contributed by atoms with Gasteiger partial charge in [0.2, 0.25) is 0 Å². The zero-order chi connectivity index (χ0) is 13.0. The maximum atomic E-state index is 13.6. The number of hydrogen-bond acceptors (Lipinski definition) is 2. The summed E-state index contributed by atoms with van der Waals surface area (Å²) in [5.74, 6) is -0.0816. The van der Waals surface area contributed by atoms with Crippen molar-refractivity contribution < 1.29 is 4.39 Å². The molecule has 0 amide bonds. The van der Waals surface area contributed by atoms with Crippen molar-refractivity contribution in [1.29, 1.82) is 0 Å². The summed E-state index contributed by atoms with van der Waals surface area (Å²) in [6, 6.07) is 7.76. The Hall–Kier alpha value is -0.930. The van der Waals surface area contributed by atoms with Crippen LogP contribution in [0.25, 0.3) is 0 Å². The van der Waals surface area contributed by atoms with Crippen LogP contribution >= 0.6 is 0 Å². The van der Waals surface area contributed by atoms with E-state index in [0.29, 0.717) is 6.04 Å². The lowest BCUT2D eigenvalue weighted by atomic mass is 10.1. The van der Waals surface area contributed by atoms with Gasteiger partial charge >= 0.3 is 0 Å². The second kappa shape index (κ2) is 6.30. The van der Waals surface area contributed by atoms with Crippen LogP contribution in [-0.4, -0.2) is 42.0 Å². The fourth-order valence-corrected chi connectivity index (χ4v) is 2.49. The normalized spacial score (nSPS) is 19.9. The van der Waals surface area contributed by atoms with Gasteiger partial charge in [-0.1, -0.05) is 25.1 Å². The maximum absolute atomic E-state index is 13.6. The zero-order valence-electron chi connectivity index (χ0n) is 11.4. The predicted octanol–water partition coefficient (Wildman–Crippen LogP) is 2.74. The van der Waals surface area contributed by atoms with Crippen molar-refractivity contribution in [1.82, 2.24) is 9.80 Å². The molecule has 2 rings (SSSR count). The van der Waals surface area contributed by atoms with E-state index in [4.69, 9.17) is 0 Å². The number of nitrogens with zero attached hydrogens (tertiary/aromatic N) is 2. The molecule has 1 heterocycles. The summed E-state index contributed by atoms with van der Waals surface area (Å²) in [5.41, 5.74) is 0.814. The van der Waals surface area contributed by atoms with Gasteiger partial charge in [-0.15, -0.1) is 0 Å². The average Bonchev–Trinajstić information content (AvgIpc) is 2.41. The molecule has 0 radical (unpaired) electrons. The molecule has 18 heavy (non-hydrogen) atoms. The van der Waals surface area contributed by atoms with E-state index < -0.39 is 0 Å². The van der Waals surface area contributed by atoms with Gasteiger partial charge in [-0.3, -0.25) is 9.80 Å². The highest BCUT2D eigenvalue weighted by molar-refractivity contribution is 5.17. The van der Waals surface area contributed by atoms with Crippen molar-refractivity contribution in [3.63, 3.8) is 0 Å². The van der Waals surface area contributed by atoms with E-state index in [1.165, 1.54) is 6.42 Å². The van der Waals surface area contributed by atoms with Crippen molar-refractivity contribution >= 4 is 0 Å². The smallest absolute Gasteiger partial charge is 0.127 e. The lowest BCUT2D eigenvalue weighted by molar-refractivity contribution is 0.0957. The molecular weight excluding hydrogens is 227 g/mol. The minimum absolute atomic E-state index is 0.0816. The molecule has 1 aliphatic heterocycles. The molecule has 1 saturated heterocycles. The Bertz CT molecular complexity index is 373. The lowest BCUT2D eigenvalue weighted by Crippen LogP contribution is -2.49. The Labute approximate surface area is 109 Å². The van der Waals surface area contributed by atoms with E-state index in [-0.39, 0.29) is 5.82 Å². The number of benzene rings is 1. The first-order valence-electron chi connectivity index (χ1n) is 6.90.